The Kier molecular flexibility index (Phi) is 7.05. The SMILES string of the molecule is Cl.NC[C@H]1CCC[C@H]1C(=O)NC(c1cccc(F)c1)C1CCCC1. The zero-order valence-corrected chi connectivity index (χ0v) is 14.9. The van der Waals surface area contributed by atoms with Crippen LogP contribution < -0.4 is 11.1 Å². The molecular formula is C19H28ClFN2O. The van der Waals surface area contributed by atoms with E-state index in [2.05, 4.69) is 5.32 Å². The van der Waals surface area contributed by atoms with Crippen LogP contribution in [0.15, 0.2) is 24.3 Å². The predicted octanol–water partition coefficient (Wildman–Crippen LogP) is 3.97. The van der Waals surface area contributed by atoms with Crippen LogP contribution in [0.5, 0.6) is 0 Å². The Labute approximate surface area is 150 Å². The maximum atomic E-state index is 13.6. The number of benzene rings is 1. The van der Waals surface area contributed by atoms with Crippen molar-refractivity contribution in [1.82, 2.24) is 5.32 Å². The highest BCUT2D eigenvalue weighted by atomic mass is 35.5. The molecule has 2 fully saturated rings. The highest BCUT2D eigenvalue weighted by molar-refractivity contribution is 5.85. The molecule has 0 radical (unpaired) electrons. The number of hydrogen-bond acceptors (Lipinski definition) is 2. The summed E-state index contributed by atoms with van der Waals surface area (Å²) in [6.45, 7) is 0.576. The van der Waals surface area contributed by atoms with Crippen LogP contribution in [-0.4, -0.2) is 12.5 Å². The molecule has 1 unspecified atom stereocenters. The lowest BCUT2D eigenvalue weighted by atomic mass is 9.89. The minimum Gasteiger partial charge on any atom is -0.349 e. The van der Waals surface area contributed by atoms with Gasteiger partial charge in [0.2, 0.25) is 5.91 Å². The largest absolute Gasteiger partial charge is 0.349 e. The van der Waals surface area contributed by atoms with E-state index in [0.29, 0.717) is 18.4 Å². The summed E-state index contributed by atoms with van der Waals surface area (Å²) in [7, 11) is 0. The quantitative estimate of drug-likeness (QED) is 0.840. The van der Waals surface area contributed by atoms with Gasteiger partial charge in [0.25, 0.3) is 0 Å². The third kappa shape index (κ3) is 4.28. The van der Waals surface area contributed by atoms with Gasteiger partial charge in [0.05, 0.1) is 6.04 Å². The number of nitrogens with one attached hydrogen (secondary N) is 1. The normalized spacial score (nSPS) is 25.2. The molecule has 5 heteroatoms. The summed E-state index contributed by atoms with van der Waals surface area (Å²) in [5.41, 5.74) is 6.71. The van der Waals surface area contributed by atoms with Crippen molar-refractivity contribution in [1.29, 1.82) is 0 Å². The Morgan fingerprint density at radius 2 is 1.96 bits per heavy atom. The summed E-state index contributed by atoms with van der Waals surface area (Å²) in [6.07, 6.45) is 7.65. The van der Waals surface area contributed by atoms with E-state index in [1.807, 2.05) is 6.07 Å². The van der Waals surface area contributed by atoms with Gasteiger partial charge in [0.15, 0.2) is 0 Å². The minimum atomic E-state index is -0.236. The number of hydrogen-bond donors (Lipinski definition) is 2. The van der Waals surface area contributed by atoms with E-state index in [4.69, 9.17) is 5.73 Å². The average Bonchev–Trinajstić information content (AvgIpc) is 3.23. The first-order chi connectivity index (χ1) is 11.2. The molecule has 0 bridgehead atoms. The van der Waals surface area contributed by atoms with E-state index in [1.54, 1.807) is 12.1 Å². The number of amides is 1. The third-order valence-corrected chi connectivity index (χ3v) is 5.68. The van der Waals surface area contributed by atoms with Gasteiger partial charge in [-0.3, -0.25) is 4.79 Å². The number of rotatable bonds is 5. The molecule has 3 atom stereocenters. The van der Waals surface area contributed by atoms with Crippen molar-refractivity contribution in [3.8, 4) is 0 Å². The van der Waals surface area contributed by atoms with Gasteiger partial charge in [-0.15, -0.1) is 12.4 Å². The molecule has 2 aliphatic rings. The summed E-state index contributed by atoms with van der Waals surface area (Å²) in [4.78, 5) is 12.8. The molecule has 0 aliphatic heterocycles. The van der Waals surface area contributed by atoms with Crippen LogP contribution in [-0.2, 0) is 4.79 Å². The number of halogens is 2. The first kappa shape index (κ1) is 19.2. The molecule has 0 spiro atoms. The molecule has 1 aromatic carbocycles. The molecule has 2 saturated carbocycles. The van der Waals surface area contributed by atoms with Crippen molar-refractivity contribution in [3.05, 3.63) is 35.6 Å². The molecule has 3 N–H and O–H groups in total. The molecule has 0 saturated heterocycles. The van der Waals surface area contributed by atoms with Crippen molar-refractivity contribution >= 4 is 18.3 Å². The summed E-state index contributed by atoms with van der Waals surface area (Å²) in [5.74, 6) is 0.613. The van der Waals surface area contributed by atoms with Gasteiger partial charge in [-0.2, -0.15) is 0 Å². The van der Waals surface area contributed by atoms with E-state index in [-0.39, 0.29) is 36.1 Å². The summed E-state index contributed by atoms with van der Waals surface area (Å²) >= 11 is 0. The predicted molar refractivity (Wildman–Crippen MR) is 96.4 cm³/mol. The van der Waals surface area contributed by atoms with E-state index in [0.717, 1.165) is 37.7 Å². The summed E-state index contributed by atoms with van der Waals surface area (Å²) in [6, 6.07) is 6.62. The third-order valence-electron chi connectivity index (χ3n) is 5.68. The van der Waals surface area contributed by atoms with Crippen LogP contribution in [0.2, 0.25) is 0 Å². The lowest BCUT2D eigenvalue weighted by molar-refractivity contribution is -0.127. The van der Waals surface area contributed by atoms with Crippen molar-refractivity contribution < 1.29 is 9.18 Å². The second-order valence-electron chi connectivity index (χ2n) is 7.12. The Morgan fingerprint density at radius 3 is 2.62 bits per heavy atom. The topological polar surface area (TPSA) is 55.1 Å². The summed E-state index contributed by atoms with van der Waals surface area (Å²) < 4.78 is 13.6. The fourth-order valence-corrected chi connectivity index (χ4v) is 4.39. The highest BCUT2D eigenvalue weighted by Gasteiger charge is 2.35. The van der Waals surface area contributed by atoms with Crippen LogP contribution >= 0.6 is 12.4 Å². The zero-order valence-electron chi connectivity index (χ0n) is 14.0. The number of nitrogens with two attached hydrogens (primary N) is 1. The summed E-state index contributed by atoms with van der Waals surface area (Å²) in [5, 5.41) is 3.25. The van der Waals surface area contributed by atoms with Gasteiger partial charge >= 0.3 is 0 Å². The second kappa shape index (κ2) is 8.82. The molecular weight excluding hydrogens is 327 g/mol. The molecule has 1 aromatic rings. The molecule has 2 aliphatic carbocycles. The van der Waals surface area contributed by atoms with Gasteiger partial charge in [0.1, 0.15) is 5.82 Å². The Bertz CT molecular complexity index is 548. The van der Waals surface area contributed by atoms with Gasteiger partial charge in [-0.05, 0) is 61.8 Å². The van der Waals surface area contributed by atoms with Gasteiger partial charge in [0, 0.05) is 5.92 Å². The maximum absolute atomic E-state index is 13.6. The van der Waals surface area contributed by atoms with E-state index < -0.39 is 0 Å². The monoisotopic (exact) mass is 354 g/mol. The van der Waals surface area contributed by atoms with Crippen LogP contribution in [0.3, 0.4) is 0 Å². The van der Waals surface area contributed by atoms with Crippen LogP contribution in [0.25, 0.3) is 0 Å². The van der Waals surface area contributed by atoms with Gasteiger partial charge in [-0.1, -0.05) is 31.4 Å². The molecule has 3 rings (SSSR count). The highest BCUT2D eigenvalue weighted by Crippen LogP contribution is 2.37. The lowest BCUT2D eigenvalue weighted by Gasteiger charge is -2.28. The first-order valence-electron chi connectivity index (χ1n) is 8.95. The van der Waals surface area contributed by atoms with Gasteiger partial charge < -0.3 is 11.1 Å². The minimum absolute atomic E-state index is 0. The smallest absolute Gasteiger partial charge is 0.223 e. The lowest BCUT2D eigenvalue weighted by Crippen LogP contribution is -2.39. The Balaban J connectivity index is 0.00000208. The fraction of sp³-hybridized carbons (Fsp3) is 0.632. The Hall–Kier alpha value is -1.13. The van der Waals surface area contributed by atoms with Crippen molar-refractivity contribution in [2.75, 3.05) is 6.54 Å². The molecule has 3 nitrogen and oxygen atoms in total. The van der Waals surface area contributed by atoms with Crippen LogP contribution in [0, 0.1) is 23.6 Å². The first-order valence-corrected chi connectivity index (χ1v) is 8.95. The van der Waals surface area contributed by atoms with E-state index >= 15 is 0 Å². The molecule has 1 amide bonds. The maximum Gasteiger partial charge on any atom is 0.223 e. The van der Waals surface area contributed by atoms with E-state index in [1.165, 1.54) is 18.9 Å². The van der Waals surface area contributed by atoms with Crippen molar-refractivity contribution in [2.24, 2.45) is 23.5 Å². The molecule has 24 heavy (non-hydrogen) atoms. The average molecular weight is 355 g/mol. The Morgan fingerprint density at radius 1 is 1.21 bits per heavy atom. The number of carbonyl (C=O) groups excluding carboxylic acids is 1. The number of carbonyl (C=O) groups is 1. The van der Waals surface area contributed by atoms with E-state index in [9.17, 15) is 9.18 Å². The molecule has 134 valence electrons. The molecule has 0 heterocycles. The second-order valence-corrected chi connectivity index (χ2v) is 7.12. The fourth-order valence-electron chi connectivity index (χ4n) is 4.39. The zero-order chi connectivity index (χ0) is 16.2. The van der Waals surface area contributed by atoms with Crippen molar-refractivity contribution in [3.63, 3.8) is 0 Å². The molecule has 0 aromatic heterocycles. The van der Waals surface area contributed by atoms with Gasteiger partial charge in [-0.25, -0.2) is 4.39 Å². The van der Waals surface area contributed by atoms with Crippen molar-refractivity contribution in [2.45, 2.75) is 51.0 Å². The van der Waals surface area contributed by atoms with Crippen LogP contribution in [0.1, 0.15) is 56.6 Å². The standard InChI is InChI=1S/C19H27FN2O.ClH/c20-16-9-3-7-14(11-16)18(13-5-1-2-6-13)22-19(23)17-10-4-8-15(17)12-21;/h3,7,9,11,13,15,17-18H,1-2,4-6,8,10,12,21H2,(H,22,23);1H/t15-,17-,18?;/m1./s1. The van der Waals surface area contributed by atoms with Crippen LogP contribution in [0.4, 0.5) is 4.39 Å².